The summed E-state index contributed by atoms with van der Waals surface area (Å²) in [4.78, 5) is 12.7. The minimum absolute atomic E-state index is 0.161. The Morgan fingerprint density at radius 3 is 2.46 bits per heavy atom. The quantitative estimate of drug-likeness (QED) is 0.801. The highest BCUT2D eigenvalue weighted by Gasteiger charge is 2.20. The number of benzene rings is 1. The van der Waals surface area contributed by atoms with Gasteiger partial charge in [-0.3, -0.25) is 9.48 Å². The number of para-hydroxylation sites is 1. The van der Waals surface area contributed by atoms with Gasteiger partial charge in [0.2, 0.25) is 0 Å². The Hall–Kier alpha value is -2.89. The molecular weight excluding hydrogens is 302 g/mol. The highest BCUT2D eigenvalue weighted by atomic mass is 16.1. The van der Waals surface area contributed by atoms with Gasteiger partial charge in [0.15, 0.2) is 0 Å². The van der Waals surface area contributed by atoms with Gasteiger partial charge >= 0.3 is 0 Å². The van der Waals surface area contributed by atoms with Crippen LogP contribution in [0, 0.1) is 20.8 Å². The van der Waals surface area contributed by atoms with E-state index in [4.69, 9.17) is 0 Å². The van der Waals surface area contributed by atoms with Crippen molar-refractivity contribution >= 4 is 11.6 Å². The number of aromatic nitrogens is 4. The molecule has 0 radical (unpaired) electrons. The first-order chi connectivity index (χ1) is 11.5. The molecule has 124 valence electrons. The molecular formula is C18H21N5O. The van der Waals surface area contributed by atoms with Crippen LogP contribution in [0.1, 0.15) is 34.4 Å². The molecule has 3 aromatic rings. The van der Waals surface area contributed by atoms with Crippen LogP contribution in [0.2, 0.25) is 0 Å². The molecule has 2 aromatic heterocycles. The smallest absolute Gasteiger partial charge is 0.259 e. The predicted octanol–water partition coefficient (Wildman–Crippen LogP) is 3.27. The average molecular weight is 323 g/mol. The van der Waals surface area contributed by atoms with Crippen LogP contribution in [0.3, 0.4) is 0 Å². The fourth-order valence-corrected chi connectivity index (χ4v) is 2.86. The average Bonchev–Trinajstić information content (AvgIpc) is 3.08. The molecule has 0 aliphatic carbocycles. The van der Waals surface area contributed by atoms with Gasteiger partial charge in [-0.1, -0.05) is 18.2 Å². The summed E-state index contributed by atoms with van der Waals surface area (Å²) in [5, 5.41) is 11.7. The van der Waals surface area contributed by atoms with Crippen LogP contribution in [-0.4, -0.2) is 25.5 Å². The lowest BCUT2D eigenvalue weighted by Crippen LogP contribution is -2.14. The van der Waals surface area contributed by atoms with E-state index < -0.39 is 0 Å². The summed E-state index contributed by atoms with van der Waals surface area (Å²) >= 11 is 0. The molecule has 0 bridgehead atoms. The summed E-state index contributed by atoms with van der Waals surface area (Å²) in [7, 11) is 0. The molecule has 0 spiro atoms. The fourth-order valence-electron chi connectivity index (χ4n) is 2.86. The first-order valence-electron chi connectivity index (χ1n) is 7.98. The summed E-state index contributed by atoms with van der Waals surface area (Å²) in [6, 6.07) is 9.80. The Labute approximate surface area is 141 Å². The van der Waals surface area contributed by atoms with Gasteiger partial charge in [0, 0.05) is 6.54 Å². The van der Waals surface area contributed by atoms with Gasteiger partial charge in [-0.2, -0.15) is 10.2 Å². The van der Waals surface area contributed by atoms with Gasteiger partial charge in [-0.15, -0.1) is 0 Å². The number of carbonyl (C=O) groups excluding carboxylic acids is 1. The van der Waals surface area contributed by atoms with Crippen LogP contribution in [0.15, 0.2) is 36.5 Å². The molecule has 6 nitrogen and oxygen atoms in total. The van der Waals surface area contributed by atoms with Crippen molar-refractivity contribution in [2.24, 2.45) is 0 Å². The third-order valence-electron chi connectivity index (χ3n) is 4.17. The molecule has 1 aromatic carbocycles. The number of nitrogens with zero attached hydrogens (tertiary/aromatic N) is 4. The minimum Gasteiger partial charge on any atom is -0.319 e. The number of hydrogen-bond donors (Lipinski definition) is 1. The molecule has 0 aliphatic heterocycles. The van der Waals surface area contributed by atoms with Crippen molar-refractivity contribution < 1.29 is 4.79 Å². The van der Waals surface area contributed by atoms with E-state index in [2.05, 4.69) is 15.5 Å². The molecule has 3 rings (SSSR count). The van der Waals surface area contributed by atoms with Crippen molar-refractivity contribution in [3.63, 3.8) is 0 Å². The van der Waals surface area contributed by atoms with E-state index >= 15 is 0 Å². The topological polar surface area (TPSA) is 64.7 Å². The molecule has 0 atom stereocenters. The molecule has 24 heavy (non-hydrogen) atoms. The Morgan fingerprint density at radius 1 is 1.12 bits per heavy atom. The first-order valence-corrected chi connectivity index (χ1v) is 7.98. The van der Waals surface area contributed by atoms with Gasteiger partial charge in [-0.05, 0) is 39.8 Å². The van der Waals surface area contributed by atoms with Gasteiger partial charge in [0.1, 0.15) is 0 Å². The lowest BCUT2D eigenvalue weighted by Gasteiger charge is -2.07. The van der Waals surface area contributed by atoms with Crippen LogP contribution in [0.5, 0.6) is 0 Å². The number of carbonyl (C=O) groups is 1. The summed E-state index contributed by atoms with van der Waals surface area (Å²) in [6.45, 7) is 8.49. The molecule has 1 amide bonds. The van der Waals surface area contributed by atoms with E-state index in [0.717, 1.165) is 29.3 Å². The van der Waals surface area contributed by atoms with Crippen molar-refractivity contribution in [1.82, 2.24) is 19.6 Å². The van der Waals surface area contributed by atoms with E-state index in [1.807, 2.05) is 62.7 Å². The summed E-state index contributed by atoms with van der Waals surface area (Å²) in [5.41, 5.74) is 4.73. The fraction of sp³-hybridized carbons (Fsp3) is 0.278. The van der Waals surface area contributed by atoms with Crippen molar-refractivity contribution in [2.75, 3.05) is 5.32 Å². The Morgan fingerprint density at radius 2 is 1.83 bits per heavy atom. The SMILES string of the molecule is CCn1ncc(NC(=O)c2c(C)nn(-c3ccccc3)c2C)c1C. The van der Waals surface area contributed by atoms with Gasteiger partial charge in [0.05, 0.1) is 40.2 Å². The number of aryl methyl sites for hydroxylation is 2. The highest BCUT2D eigenvalue weighted by Crippen LogP contribution is 2.20. The summed E-state index contributed by atoms with van der Waals surface area (Å²) in [5.74, 6) is -0.161. The molecule has 0 aliphatic rings. The molecule has 6 heteroatoms. The zero-order valence-electron chi connectivity index (χ0n) is 14.4. The van der Waals surface area contributed by atoms with Crippen LogP contribution < -0.4 is 5.32 Å². The van der Waals surface area contributed by atoms with Gasteiger partial charge in [-0.25, -0.2) is 4.68 Å². The number of amides is 1. The van der Waals surface area contributed by atoms with Crippen molar-refractivity contribution in [1.29, 1.82) is 0 Å². The largest absolute Gasteiger partial charge is 0.319 e. The van der Waals surface area contributed by atoms with Crippen molar-refractivity contribution in [3.8, 4) is 5.69 Å². The Bertz CT molecular complexity index is 876. The predicted molar refractivity (Wildman–Crippen MR) is 93.6 cm³/mol. The van der Waals surface area contributed by atoms with Crippen LogP contribution in [0.4, 0.5) is 5.69 Å². The van der Waals surface area contributed by atoms with E-state index in [-0.39, 0.29) is 5.91 Å². The van der Waals surface area contributed by atoms with Crippen molar-refractivity contribution in [2.45, 2.75) is 34.2 Å². The lowest BCUT2D eigenvalue weighted by atomic mass is 10.1. The van der Waals surface area contributed by atoms with Gasteiger partial charge < -0.3 is 5.32 Å². The van der Waals surface area contributed by atoms with Gasteiger partial charge in [0.25, 0.3) is 5.91 Å². The number of anilines is 1. The number of nitrogens with one attached hydrogen (secondary N) is 1. The van der Waals surface area contributed by atoms with Crippen molar-refractivity contribution in [3.05, 3.63) is 59.2 Å². The molecule has 0 unspecified atom stereocenters. The zero-order valence-corrected chi connectivity index (χ0v) is 14.4. The third-order valence-corrected chi connectivity index (χ3v) is 4.17. The van der Waals surface area contributed by atoms with E-state index in [9.17, 15) is 4.79 Å². The standard InChI is InChI=1S/C18H21N5O/c1-5-22-13(3)16(11-19-22)20-18(24)17-12(2)21-23(14(17)4)15-9-7-6-8-10-15/h6-11H,5H2,1-4H3,(H,20,24). The molecule has 0 fully saturated rings. The maximum Gasteiger partial charge on any atom is 0.259 e. The monoisotopic (exact) mass is 323 g/mol. The number of rotatable bonds is 4. The lowest BCUT2D eigenvalue weighted by molar-refractivity contribution is 0.102. The Kier molecular flexibility index (Phi) is 4.20. The maximum absolute atomic E-state index is 12.7. The molecule has 2 heterocycles. The minimum atomic E-state index is -0.161. The second-order valence-electron chi connectivity index (χ2n) is 5.71. The first kappa shape index (κ1) is 16.0. The second-order valence-corrected chi connectivity index (χ2v) is 5.71. The van der Waals surface area contributed by atoms with E-state index in [0.29, 0.717) is 11.3 Å². The van der Waals surface area contributed by atoms with Crippen LogP contribution in [0.25, 0.3) is 5.69 Å². The molecule has 0 saturated heterocycles. The van der Waals surface area contributed by atoms with Crippen LogP contribution >= 0.6 is 0 Å². The Balaban J connectivity index is 1.93. The highest BCUT2D eigenvalue weighted by molar-refractivity contribution is 6.06. The summed E-state index contributed by atoms with van der Waals surface area (Å²) < 4.78 is 3.65. The number of hydrogen-bond acceptors (Lipinski definition) is 3. The summed E-state index contributed by atoms with van der Waals surface area (Å²) in [6.07, 6.45) is 1.68. The van der Waals surface area contributed by atoms with E-state index in [1.165, 1.54) is 0 Å². The third kappa shape index (κ3) is 2.71. The molecule has 1 N–H and O–H groups in total. The van der Waals surface area contributed by atoms with E-state index in [1.54, 1.807) is 10.9 Å². The maximum atomic E-state index is 12.7. The zero-order chi connectivity index (χ0) is 17.3. The molecule has 0 saturated carbocycles. The second kappa shape index (κ2) is 6.31. The normalized spacial score (nSPS) is 10.8. The van der Waals surface area contributed by atoms with Crippen LogP contribution in [-0.2, 0) is 6.54 Å².